The predicted molar refractivity (Wildman–Crippen MR) is 134 cm³/mol. The number of amides is 2. The van der Waals surface area contributed by atoms with Crippen LogP contribution in [0.15, 0.2) is 47.4 Å². The van der Waals surface area contributed by atoms with Gasteiger partial charge in [-0.3, -0.25) is 14.3 Å². The van der Waals surface area contributed by atoms with E-state index in [-0.39, 0.29) is 36.3 Å². The van der Waals surface area contributed by atoms with Crippen LogP contribution in [-0.2, 0) is 19.6 Å². The number of nitrogens with one attached hydrogen (secondary N) is 3. The monoisotopic (exact) mass is 503 g/mol. The third kappa shape index (κ3) is 6.95. The Kier molecular flexibility index (Phi) is 9.11. The molecule has 190 valence electrons. The fourth-order valence-electron chi connectivity index (χ4n) is 4.34. The number of benzene rings is 2. The molecular weight excluding hydrogens is 470 g/mol. The van der Waals surface area contributed by atoms with Crippen molar-refractivity contribution in [3.8, 4) is 5.75 Å². The van der Waals surface area contributed by atoms with Gasteiger partial charge in [0.05, 0.1) is 13.2 Å². The summed E-state index contributed by atoms with van der Waals surface area (Å²) >= 11 is 0. The lowest BCUT2D eigenvalue weighted by atomic mass is 9.89. The summed E-state index contributed by atoms with van der Waals surface area (Å²) < 4.78 is 34.3. The zero-order valence-corrected chi connectivity index (χ0v) is 20.9. The van der Waals surface area contributed by atoms with Gasteiger partial charge in [0.25, 0.3) is 10.0 Å². The lowest BCUT2D eigenvalue weighted by molar-refractivity contribution is -0.134. The molecule has 10 heteroatoms. The van der Waals surface area contributed by atoms with Gasteiger partial charge in [0.1, 0.15) is 16.6 Å². The van der Waals surface area contributed by atoms with Gasteiger partial charge in [-0.15, -0.1) is 0 Å². The second kappa shape index (κ2) is 12.0. The first-order valence-electron chi connectivity index (χ1n) is 11.8. The molecule has 35 heavy (non-hydrogen) atoms. The molecule has 2 aromatic carbocycles. The van der Waals surface area contributed by atoms with Gasteiger partial charge < -0.3 is 20.5 Å². The highest BCUT2D eigenvalue weighted by Gasteiger charge is 2.36. The van der Waals surface area contributed by atoms with Gasteiger partial charge in [0.2, 0.25) is 11.8 Å². The Morgan fingerprint density at radius 1 is 1.09 bits per heavy atom. The molecule has 0 heterocycles. The topological polar surface area (TPSA) is 134 Å². The fraction of sp³-hybridized carbons (Fsp3) is 0.440. The van der Waals surface area contributed by atoms with Crippen LogP contribution in [0.25, 0.3) is 0 Å². The fourth-order valence-corrected chi connectivity index (χ4v) is 5.52. The first kappa shape index (κ1) is 26.5. The number of hydrogen-bond donors (Lipinski definition) is 4. The van der Waals surface area contributed by atoms with E-state index in [2.05, 4.69) is 15.4 Å². The number of hydrogen-bond acceptors (Lipinski definition) is 6. The largest absolute Gasteiger partial charge is 0.492 e. The first-order valence-corrected chi connectivity index (χ1v) is 13.3. The smallest absolute Gasteiger partial charge is 0.265 e. The van der Waals surface area contributed by atoms with Crippen molar-refractivity contribution in [2.45, 2.75) is 44.4 Å². The van der Waals surface area contributed by atoms with Crippen LogP contribution in [0.2, 0.25) is 0 Å². The number of anilines is 2. The van der Waals surface area contributed by atoms with E-state index >= 15 is 0 Å². The zero-order valence-electron chi connectivity index (χ0n) is 20.0. The van der Waals surface area contributed by atoms with Gasteiger partial charge >= 0.3 is 0 Å². The van der Waals surface area contributed by atoms with Crippen molar-refractivity contribution in [3.63, 3.8) is 0 Å². The van der Waals surface area contributed by atoms with Crippen molar-refractivity contribution in [2.75, 3.05) is 29.8 Å². The second-order valence-electron chi connectivity index (χ2n) is 8.60. The van der Waals surface area contributed by atoms with Crippen LogP contribution in [-0.4, -0.2) is 45.1 Å². The van der Waals surface area contributed by atoms with E-state index in [9.17, 15) is 18.0 Å². The molecule has 1 saturated carbocycles. The maximum atomic E-state index is 13.1. The van der Waals surface area contributed by atoms with E-state index in [1.807, 2.05) is 13.0 Å². The van der Waals surface area contributed by atoms with Crippen molar-refractivity contribution < 1.29 is 27.9 Å². The van der Waals surface area contributed by atoms with E-state index in [4.69, 9.17) is 9.84 Å². The standard InChI is InChI=1S/C25H33N3O6S/c1-3-34-21-16-19(11-12-22(21)35(32,33)28-20-10-6-7-17(2)15-20)27-25(31)23(18-8-4-5-9-18)24(30)26-13-14-29/h6-7,10-12,15-16,18,23,28-29H,3-5,8-9,13-14H2,1-2H3,(H,26,30)(H,27,31). The molecule has 1 aliphatic carbocycles. The quantitative estimate of drug-likeness (QED) is 0.348. The Labute approximate surface area is 206 Å². The summed E-state index contributed by atoms with van der Waals surface area (Å²) in [5.41, 5.74) is 1.66. The number of sulfonamides is 1. The third-order valence-electron chi connectivity index (χ3n) is 5.92. The molecule has 0 radical (unpaired) electrons. The molecule has 2 aromatic rings. The van der Waals surface area contributed by atoms with Crippen LogP contribution in [0.4, 0.5) is 11.4 Å². The molecule has 0 aromatic heterocycles. The van der Waals surface area contributed by atoms with Crippen molar-refractivity contribution in [1.82, 2.24) is 5.32 Å². The second-order valence-corrected chi connectivity index (χ2v) is 10.2. The Morgan fingerprint density at radius 2 is 1.83 bits per heavy atom. The molecule has 1 atom stereocenters. The molecule has 1 fully saturated rings. The van der Waals surface area contributed by atoms with Crippen LogP contribution in [0.3, 0.4) is 0 Å². The molecule has 0 aliphatic heterocycles. The first-order chi connectivity index (χ1) is 16.7. The normalized spacial score (nSPS) is 14.8. The summed E-state index contributed by atoms with van der Waals surface area (Å²) in [6.07, 6.45) is 3.46. The van der Waals surface area contributed by atoms with E-state index in [0.717, 1.165) is 31.2 Å². The maximum Gasteiger partial charge on any atom is 0.265 e. The molecule has 0 saturated heterocycles. The highest BCUT2D eigenvalue weighted by molar-refractivity contribution is 7.92. The van der Waals surface area contributed by atoms with E-state index < -0.39 is 27.8 Å². The maximum absolute atomic E-state index is 13.1. The van der Waals surface area contributed by atoms with Crippen LogP contribution in [0.5, 0.6) is 5.75 Å². The van der Waals surface area contributed by atoms with Crippen LogP contribution < -0.4 is 20.1 Å². The average molecular weight is 504 g/mol. The molecule has 3 rings (SSSR count). The number of ether oxygens (including phenoxy) is 1. The summed E-state index contributed by atoms with van der Waals surface area (Å²) in [5, 5.41) is 14.4. The van der Waals surface area contributed by atoms with Crippen LogP contribution >= 0.6 is 0 Å². The summed E-state index contributed by atoms with van der Waals surface area (Å²) in [6.45, 7) is 3.68. The SMILES string of the molecule is CCOc1cc(NC(=O)C(C(=O)NCCO)C2CCCC2)ccc1S(=O)(=O)Nc1cccc(C)c1. The average Bonchev–Trinajstić information content (AvgIpc) is 3.32. The summed E-state index contributed by atoms with van der Waals surface area (Å²) in [6, 6.07) is 11.3. The number of rotatable bonds is 11. The van der Waals surface area contributed by atoms with Crippen molar-refractivity contribution in [3.05, 3.63) is 48.0 Å². The molecule has 0 bridgehead atoms. The molecule has 1 aliphatic rings. The summed E-state index contributed by atoms with van der Waals surface area (Å²) in [4.78, 5) is 25.7. The van der Waals surface area contributed by atoms with Crippen molar-refractivity contribution in [1.29, 1.82) is 0 Å². The van der Waals surface area contributed by atoms with Gasteiger partial charge in [-0.05, 0) is 62.4 Å². The number of aliphatic hydroxyl groups excluding tert-OH is 1. The van der Waals surface area contributed by atoms with Crippen LogP contribution in [0, 0.1) is 18.8 Å². The van der Waals surface area contributed by atoms with Gasteiger partial charge in [-0.25, -0.2) is 8.42 Å². The van der Waals surface area contributed by atoms with Gasteiger partial charge in [0, 0.05) is 24.0 Å². The molecule has 2 amide bonds. The highest BCUT2D eigenvalue weighted by atomic mass is 32.2. The van der Waals surface area contributed by atoms with Gasteiger partial charge in [-0.2, -0.15) is 0 Å². The number of carbonyl (C=O) groups excluding carboxylic acids is 2. The summed E-state index contributed by atoms with van der Waals surface area (Å²) in [5.74, 6) is -1.78. The van der Waals surface area contributed by atoms with E-state index in [1.54, 1.807) is 25.1 Å². The minimum atomic E-state index is -3.96. The summed E-state index contributed by atoms with van der Waals surface area (Å²) in [7, 11) is -3.96. The Morgan fingerprint density at radius 3 is 2.49 bits per heavy atom. The lowest BCUT2D eigenvalue weighted by Crippen LogP contribution is -2.42. The third-order valence-corrected chi connectivity index (χ3v) is 7.34. The Bertz CT molecular complexity index is 1150. The number of aryl methyl sites for hydroxylation is 1. The lowest BCUT2D eigenvalue weighted by Gasteiger charge is -2.22. The minimum Gasteiger partial charge on any atom is -0.492 e. The van der Waals surface area contributed by atoms with Gasteiger partial charge in [0.15, 0.2) is 0 Å². The predicted octanol–water partition coefficient (Wildman–Crippen LogP) is 3.05. The van der Waals surface area contributed by atoms with Crippen molar-refractivity contribution in [2.24, 2.45) is 11.8 Å². The zero-order chi connectivity index (χ0) is 25.4. The van der Waals surface area contributed by atoms with E-state index in [0.29, 0.717) is 11.4 Å². The minimum absolute atomic E-state index is 0.0631. The van der Waals surface area contributed by atoms with Crippen LogP contribution in [0.1, 0.15) is 38.2 Å². The molecule has 4 N–H and O–H groups in total. The molecule has 1 unspecified atom stereocenters. The molecular formula is C25H33N3O6S. The van der Waals surface area contributed by atoms with Crippen molar-refractivity contribution >= 4 is 33.2 Å². The highest BCUT2D eigenvalue weighted by Crippen LogP contribution is 2.34. The Balaban J connectivity index is 1.84. The molecule has 9 nitrogen and oxygen atoms in total. The number of aliphatic hydroxyl groups is 1. The van der Waals surface area contributed by atoms with E-state index in [1.165, 1.54) is 18.2 Å². The Hall–Kier alpha value is -3.11. The number of carbonyl (C=O) groups is 2. The van der Waals surface area contributed by atoms with Gasteiger partial charge in [-0.1, -0.05) is 25.0 Å². The molecule has 0 spiro atoms.